The molecule has 4 rings (SSSR count). The monoisotopic (exact) mass is 492 g/mol. The Morgan fingerprint density at radius 2 is 1.88 bits per heavy atom. The quantitative estimate of drug-likeness (QED) is 0.395. The predicted molar refractivity (Wildman–Crippen MR) is 129 cm³/mol. The number of nitrogens with zero attached hydrogens (tertiary/aromatic N) is 1. The molecule has 1 N–H and O–H groups in total. The number of halogens is 3. The van der Waals surface area contributed by atoms with Gasteiger partial charge in [0.25, 0.3) is 5.91 Å². The molecule has 184 valence electrons. The predicted octanol–water partition coefficient (Wildman–Crippen LogP) is 5.94. The highest BCUT2D eigenvalue weighted by atomic mass is 32.2. The minimum absolute atomic E-state index is 0.0165. The van der Waals surface area contributed by atoms with E-state index >= 15 is 0 Å². The molecule has 4 nitrogen and oxygen atoms in total. The molecular formula is C26H31F3N2O2S. The van der Waals surface area contributed by atoms with Gasteiger partial charge >= 0.3 is 6.18 Å². The topological polar surface area (TPSA) is 49.4 Å². The van der Waals surface area contributed by atoms with Gasteiger partial charge in [-0.25, -0.2) is 0 Å². The number of benzene rings is 1. The number of hydrogen-bond donors (Lipinski definition) is 1. The highest BCUT2D eigenvalue weighted by Gasteiger charge is 2.41. The first kappa shape index (κ1) is 24.9. The van der Waals surface area contributed by atoms with Crippen LogP contribution in [0.2, 0.25) is 0 Å². The molecule has 0 radical (unpaired) electrons. The lowest BCUT2D eigenvalue weighted by Crippen LogP contribution is -2.54. The van der Waals surface area contributed by atoms with Crippen LogP contribution in [-0.2, 0) is 15.8 Å². The van der Waals surface area contributed by atoms with Gasteiger partial charge in [-0.3, -0.25) is 9.59 Å². The van der Waals surface area contributed by atoms with Crippen molar-refractivity contribution < 1.29 is 22.8 Å². The molecule has 1 heterocycles. The van der Waals surface area contributed by atoms with E-state index in [0.29, 0.717) is 17.0 Å². The molecule has 0 spiro atoms. The maximum absolute atomic E-state index is 13.3. The van der Waals surface area contributed by atoms with E-state index in [1.807, 2.05) is 0 Å². The zero-order valence-electron chi connectivity index (χ0n) is 19.2. The summed E-state index contributed by atoms with van der Waals surface area (Å²) in [5, 5.41) is 3.17. The molecule has 34 heavy (non-hydrogen) atoms. The molecule has 0 bridgehead atoms. The third-order valence-electron chi connectivity index (χ3n) is 6.82. The molecule has 1 saturated heterocycles. The molecule has 1 aromatic carbocycles. The Bertz CT molecular complexity index is 956. The fourth-order valence-corrected chi connectivity index (χ4v) is 6.46. The number of fused-ring (bicyclic) bond motifs is 1. The van der Waals surface area contributed by atoms with E-state index in [1.165, 1.54) is 42.3 Å². The minimum Gasteiger partial charge on any atom is -0.354 e. The molecule has 2 amide bonds. The van der Waals surface area contributed by atoms with Crippen LogP contribution >= 0.6 is 11.8 Å². The first-order valence-corrected chi connectivity index (χ1v) is 13.0. The van der Waals surface area contributed by atoms with Gasteiger partial charge < -0.3 is 10.2 Å². The van der Waals surface area contributed by atoms with Gasteiger partial charge in [0.1, 0.15) is 6.54 Å². The number of amides is 2. The molecule has 0 aromatic heterocycles. The Hall–Kier alpha value is -2.22. The lowest BCUT2D eigenvalue weighted by Gasteiger charge is -2.43. The van der Waals surface area contributed by atoms with Gasteiger partial charge in [-0.2, -0.15) is 13.2 Å². The highest BCUT2D eigenvalue weighted by Crippen LogP contribution is 2.42. The van der Waals surface area contributed by atoms with Crippen molar-refractivity contribution in [3.63, 3.8) is 0 Å². The molecule has 2 aliphatic carbocycles. The number of thioether (sulfide) groups is 1. The van der Waals surface area contributed by atoms with Crippen molar-refractivity contribution >= 4 is 29.7 Å². The maximum Gasteiger partial charge on any atom is 0.416 e. The molecule has 1 aliphatic heterocycles. The van der Waals surface area contributed by atoms with Gasteiger partial charge in [0.15, 0.2) is 0 Å². The number of carbonyl (C=O) groups is 2. The van der Waals surface area contributed by atoms with Crippen LogP contribution in [0.15, 0.2) is 40.8 Å². The van der Waals surface area contributed by atoms with Crippen LogP contribution < -0.4 is 5.32 Å². The van der Waals surface area contributed by atoms with E-state index in [9.17, 15) is 22.8 Å². The molecule has 3 aliphatic rings. The van der Waals surface area contributed by atoms with E-state index in [0.717, 1.165) is 57.1 Å². The summed E-state index contributed by atoms with van der Waals surface area (Å²) in [4.78, 5) is 28.2. The van der Waals surface area contributed by atoms with Crippen molar-refractivity contribution in [3.05, 3.63) is 51.9 Å². The summed E-state index contributed by atoms with van der Waals surface area (Å²) in [6.45, 7) is 0.591. The SMILES string of the molecule is O=C(CN1C(=O)/C(=C\c2ccc(C(F)(F)F)cc2)SC2CCCCC21)NCCC1=CCCCC1. The van der Waals surface area contributed by atoms with E-state index in [-0.39, 0.29) is 29.7 Å². The van der Waals surface area contributed by atoms with Crippen LogP contribution in [-0.4, -0.2) is 41.1 Å². The van der Waals surface area contributed by atoms with Crippen molar-refractivity contribution in [2.75, 3.05) is 13.1 Å². The van der Waals surface area contributed by atoms with Gasteiger partial charge in [-0.05, 0) is 68.7 Å². The Morgan fingerprint density at radius 3 is 2.59 bits per heavy atom. The molecular weight excluding hydrogens is 461 g/mol. The van der Waals surface area contributed by atoms with Crippen LogP contribution in [0.1, 0.15) is 68.9 Å². The van der Waals surface area contributed by atoms with Crippen molar-refractivity contribution in [1.82, 2.24) is 10.2 Å². The number of allylic oxidation sites excluding steroid dienone is 1. The van der Waals surface area contributed by atoms with Gasteiger partial charge in [0, 0.05) is 17.8 Å². The van der Waals surface area contributed by atoms with Crippen LogP contribution in [0, 0.1) is 0 Å². The summed E-state index contributed by atoms with van der Waals surface area (Å²) >= 11 is 1.50. The van der Waals surface area contributed by atoms with Crippen molar-refractivity contribution in [3.8, 4) is 0 Å². The second-order valence-corrected chi connectivity index (χ2v) is 10.6. The molecule has 8 heteroatoms. The Balaban J connectivity index is 1.43. The minimum atomic E-state index is -4.39. The lowest BCUT2D eigenvalue weighted by atomic mass is 9.93. The normalized spacial score (nSPS) is 24.6. The van der Waals surface area contributed by atoms with Gasteiger partial charge in [0.2, 0.25) is 5.91 Å². The van der Waals surface area contributed by atoms with E-state index in [2.05, 4.69) is 11.4 Å². The number of alkyl halides is 3. The average Bonchev–Trinajstić information content (AvgIpc) is 2.82. The third-order valence-corrected chi connectivity index (χ3v) is 8.22. The van der Waals surface area contributed by atoms with Crippen LogP contribution in [0.25, 0.3) is 6.08 Å². The fourth-order valence-electron chi connectivity index (χ4n) is 4.99. The van der Waals surface area contributed by atoms with Gasteiger partial charge in [0.05, 0.1) is 10.5 Å². The molecule has 2 fully saturated rings. The van der Waals surface area contributed by atoms with Crippen LogP contribution in [0.3, 0.4) is 0 Å². The van der Waals surface area contributed by atoms with Crippen molar-refractivity contribution in [1.29, 1.82) is 0 Å². The third kappa shape index (κ3) is 6.26. The molecule has 2 unspecified atom stereocenters. The summed E-state index contributed by atoms with van der Waals surface area (Å²) in [5.41, 5.74) is 1.22. The zero-order valence-corrected chi connectivity index (χ0v) is 20.0. The van der Waals surface area contributed by atoms with Gasteiger partial charge in [-0.15, -0.1) is 11.8 Å². The van der Waals surface area contributed by atoms with Crippen molar-refractivity contribution in [2.45, 2.75) is 75.3 Å². The maximum atomic E-state index is 13.3. The summed E-state index contributed by atoms with van der Waals surface area (Å²) in [6.07, 6.45) is 8.95. The standard InChI is InChI=1S/C26H31F3N2O2S/c27-26(28,29)20-12-10-19(11-13-20)16-23-25(33)31(21-8-4-5-9-22(21)34-23)17-24(32)30-15-14-18-6-2-1-3-7-18/h6,10-13,16,21-22H,1-5,7-9,14-15,17H2,(H,30,32)/b23-16+. The Morgan fingerprint density at radius 1 is 1.12 bits per heavy atom. The fraction of sp³-hybridized carbons (Fsp3) is 0.538. The largest absolute Gasteiger partial charge is 0.416 e. The van der Waals surface area contributed by atoms with E-state index in [4.69, 9.17) is 0 Å². The first-order chi connectivity index (χ1) is 16.3. The number of rotatable bonds is 6. The highest BCUT2D eigenvalue weighted by molar-refractivity contribution is 8.04. The second-order valence-electron chi connectivity index (χ2n) is 9.28. The summed E-state index contributed by atoms with van der Waals surface area (Å²) < 4.78 is 38.6. The zero-order chi connectivity index (χ0) is 24.1. The smallest absolute Gasteiger partial charge is 0.354 e. The lowest BCUT2D eigenvalue weighted by molar-refractivity contribution is -0.137. The molecule has 2 atom stereocenters. The Labute approximate surface area is 203 Å². The van der Waals surface area contributed by atoms with Crippen LogP contribution in [0.5, 0.6) is 0 Å². The number of nitrogens with one attached hydrogen (secondary N) is 1. The molecule has 1 saturated carbocycles. The summed E-state index contributed by atoms with van der Waals surface area (Å²) in [5.74, 6) is -0.368. The number of hydrogen-bond acceptors (Lipinski definition) is 3. The Kier molecular flexibility index (Phi) is 8.06. The van der Waals surface area contributed by atoms with Crippen LogP contribution in [0.4, 0.5) is 13.2 Å². The summed E-state index contributed by atoms with van der Waals surface area (Å²) in [7, 11) is 0. The second kappa shape index (κ2) is 11.0. The van der Waals surface area contributed by atoms with E-state index < -0.39 is 11.7 Å². The number of carbonyl (C=O) groups excluding carboxylic acids is 2. The van der Waals surface area contributed by atoms with E-state index in [1.54, 1.807) is 11.0 Å². The van der Waals surface area contributed by atoms with Gasteiger partial charge in [-0.1, -0.05) is 36.6 Å². The first-order valence-electron chi connectivity index (χ1n) is 12.1. The average molecular weight is 493 g/mol. The van der Waals surface area contributed by atoms with Crippen molar-refractivity contribution in [2.24, 2.45) is 0 Å². The molecule has 1 aromatic rings. The summed E-state index contributed by atoms with van der Waals surface area (Å²) in [6, 6.07) is 4.84.